The van der Waals surface area contributed by atoms with Crippen LogP contribution in [0.2, 0.25) is 0 Å². The third kappa shape index (κ3) is 6.47. The van der Waals surface area contributed by atoms with Gasteiger partial charge in [0.1, 0.15) is 21.3 Å². The van der Waals surface area contributed by atoms with Crippen molar-refractivity contribution in [2.45, 2.75) is 71.3 Å². The molecule has 3 aromatic rings. The number of benzene rings is 1. The van der Waals surface area contributed by atoms with Crippen molar-refractivity contribution in [2.75, 3.05) is 18.5 Å². The van der Waals surface area contributed by atoms with E-state index < -0.39 is 39.6 Å². The molecule has 2 heterocycles. The SMILES string of the molecule is CCCS(=N)(=O)c1nc(N)c2c(n1)n(Cc1ccccc1)c(=O)n2C(=O)N(C)C(CC(C)C)C(=O)OC(C)C. The van der Waals surface area contributed by atoms with Crippen LogP contribution in [0.3, 0.4) is 0 Å². The molecule has 0 aliphatic heterocycles. The number of anilines is 1. The summed E-state index contributed by atoms with van der Waals surface area (Å²) >= 11 is 0. The van der Waals surface area contributed by atoms with Crippen molar-refractivity contribution >= 4 is 38.7 Å². The van der Waals surface area contributed by atoms with Crippen LogP contribution in [0, 0.1) is 10.7 Å². The molecule has 1 aromatic carbocycles. The van der Waals surface area contributed by atoms with E-state index in [1.165, 1.54) is 11.6 Å². The fraction of sp³-hybridized carbons (Fsp3) is 0.500. The molecule has 0 radical (unpaired) electrons. The molecule has 2 atom stereocenters. The average molecular weight is 560 g/mol. The van der Waals surface area contributed by atoms with Gasteiger partial charge in [-0.2, -0.15) is 4.98 Å². The Morgan fingerprint density at radius 2 is 1.79 bits per heavy atom. The van der Waals surface area contributed by atoms with Crippen molar-refractivity contribution in [1.82, 2.24) is 24.0 Å². The Labute approximate surface area is 228 Å². The fourth-order valence-corrected chi connectivity index (χ4v) is 5.46. The van der Waals surface area contributed by atoms with Crippen LogP contribution in [0.4, 0.5) is 10.6 Å². The zero-order chi connectivity index (χ0) is 29.1. The van der Waals surface area contributed by atoms with Crippen molar-refractivity contribution in [3.05, 3.63) is 46.4 Å². The summed E-state index contributed by atoms with van der Waals surface area (Å²) in [6, 6.07) is 7.28. The highest BCUT2D eigenvalue weighted by Crippen LogP contribution is 2.23. The lowest BCUT2D eigenvalue weighted by Crippen LogP contribution is -2.48. The molecule has 12 nitrogen and oxygen atoms in total. The summed E-state index contributed by atoms with van der Waals surface area (Å²) < 4.78 is 28.8. The summed E-state index contributed by atoms with van der Waals surface area (Å²) in [5.74, 6) is -0.795. The van der Waals surface area contributed by atoms with E-state index in [0.717, 1.165) is 15.0 Å². The standard InChI is InChI=1S/C26H37N7O5S/c1-7-13-39(28,37)24-29-21(27)20-22(30-24)32(15-18-11-9-8-10-12-18)26(36)33(20)25(35)31(6)19(14-16(2)3)23(34)38-17(4)5/h8-12,16-17,19,28H,7,13-15H2,1-6H3,(H2,27,29,30). The predicted molar refractivity (Wildman–Crippen MR) is 149 cm³/mol. The van der Waals surface area contributed by atoms with Gasteiger partial charge in [-0.3, -0.25) is 4.57 Å². The molecule has 0 aliphatic rings. The van der Waals surface area contributed by atoms with Crippen LogP contribution >= 0.6 is 0 Å². The van der Waals surface area contributed by atoms with Gasteiger partial charge in [0.2, 0.25) is 5.16 Å². The highest BCUT2D eigenvalue weighted by Gasteiger charge is 2.34. The summed E-state index contributed by atoms with van der Waals surface area (Å²) in [5, 5.41) is -0.299. The second-order valence-electron chi connectivity index (χ2n) is 10.2. The quantitative estimate of drug-likeness (QED) is 0.282. The average Bonchev–Trinajstić information content (AvgIpc) is 3.13. The van der Waals surface area contributed by atoms with Crippen molar-refractivity contribution in [3.8, 4) is 0 Å². The number of nitrogens with two attached hydrogens (primary N) is 1. The number of rotatable bonds is 10. The topological polar surface area (TPSA) is 166 Å². The third-order valence-corrected chi connectivity index (χ3v) is 7.78. The zero-order valence-electron chi connectivity index (χ0n) is 23.2. The molecule has 2 unspecified atom stereocenters. The molecule has 1 amide bonds. The van der Waals surface area contributed by atoms with E-state index in [1.54, 1.807) is 32.9 Å². The van der Waals surface area contributed by atoms with Gasteiger partial charge in [0, 0.05) is 12.8 Å². The number of hydrogen-bond donors (Lipinski definition) is 2. The predicted octanol–water partition coefficient (Wildman–Crippen LogP) is 3.31. The fourth-order valence-electron chi connectivity index (χ4n) is 4.22. The van der Waals surface area contributed by atoms with Gasteiger partial charge in [-0.25, -0.2) is 32.9 Å². The molecule has 0 spiro atoms. The number of esters is 1. The first-order valence-corrected chi connectivity index (χ1v) is 14.6. The Morgan fingerprint density at radius 3 is 2.36 bits per heavy atom. The number of nitrogens with one attached hydrogen (secondary N) is 1. The second-order valence-corrected chi connectivity index (χ2v) is 12.3. The monoisotopic (exact) mass is 559 g/mol. The molecular weight excluding hydrogens is 522 g/mol. The van der Waals surface area contributed by atoms with Gasteiger partial charge in [0.05, 0.1) is 12.6 Å². The van der Waals surface area contributed by atoms with Gasteiger partial charge in [-0.15, -0.1) is 0 Å². The molecule has 2 aromatic heterocycles. The van der Waals surface area contributed by atoms with E-state index in [1.807, 2.05) is 32.0 Å². The van der Waals surface area contributed by atoms with E-state index in [2.05, 4.69) is 9.97 Å². The first-order chi connectivity index (χ1) is 18.3. The lowest BCUT2D eigenvalue weighted by Gasteiger charge is -2.28. The Hall–Kier alpha value is -3.74. The molecule has 0 saturated heterocycles. The van der Waals surface area contributed by atoms with E-state index in [0.29, 0.717) is 12.8 Å². The normalized spacial score (nSPS) is 13.9. The van der Waals surface area contributed by atoms with Crippen molar-refractivity contribution in [1.29, 1.82) is 4.78 Å². The largest absolute Gasteiger partial charge is 0.461 e. The molecule has 0 bridgehead atoms. The molecule has 0 aliphatic carbocycles. The molecule has 0 fully saturated rings. The Balaban J connectivity index is 2.25. The van der Waals surface area contributed by atoms with Gasteiger partial charge in [0.15, 0.2) is 11.5 Å². The molecule has 3 rings (SSSR count). The maximum absolute atomic E-state index is 13.9. The van der Waals surface area contributed by atoms with E-state index >= 15 is 0 Å². The minimum absolute atomic E-state index is 0.0120. The van der Waals surface area contributed by atoms with Crippen LogP contribution in [-0.2, 0) is 25.8 Å². The molecule has 0 saturated carbocycles. The van der Waals surface area contributed by atoms with E-state index in [9.17, 15) is 18.6 Å². The molecular formula is C26H37N7O5S. The zero-order valence-corrected chi connectivity index (χ0v) is 24.0. The van der Waals surface area contributed by atoms with Crippen LogP contribution in [0.5, 0.6) is 0 Å². The van der Waals surface area contributed by atoms with Crippen LogP contribution in [0.1, 0.15) is 53.0 Å². The summed E-state index contributed by atoms with van der Waals surface area (Å²) in [5.41, 5.74) is 6.15. The van der Waals surface area contributed by atoms with Crippen LogP contribution in [-0.4, -0.2) is 65.2 Å². The van der Waals surface area contributed by atoms with Crippen LogP contribution in [0.15, 0.2) is 40.3 Å². The maximum atomic E-state index is 13.9. The van der Waals surface area contributed by atoms with Gasteiger partial charge in [-0.1, -0.05) is 51.1 Å². The van der Waals surface area contributed by atoms with Crippen molar-refractivity contribution < 1.29 is 18.5 Å². The Morgan fingerprint density at radius 1 is 1.15 bits per heavy atom. The number of nitrogen functional groups attached to an aromatic ring is 1. The smallest absolute Gasteiger partial charge is 0.339 e. The maximum Gasteiger partial charge on any atom is 0.339 e. The summed E-state index contributed by atoms with van der Waals surface area (Å²) in [6.07, 6.45) is 0.366. The van der Waals surface area contributed by atoms with Gasteiger partial charge < -0.3 is 15.4 Å². The number of hydrogen-bond acceptors (Lipinski definition) is 9. The summed E-state index contributed by atoms with van der Waals surface area (Å²) in [7, 11) is -1.96. The number of carbonyl (C=O) groups is 2. The number of imidazole rings is 1. The number of carbonyl (C=O) groups excluding carboxylic acids is 2. The molecule has 39 heavy (non-hydrogen) atoms. The van der Waals surface area contributed by atoms with E-state index in [-0.39, 0.29) is 40.4 Å². The van der Waals surface area contributed by atoms with Crippen molar-refractivity contribution in [2.24, 2.45) is 5.92 Å². The van der Waals surface area contributed by atoms with Gasteiger partial charge in [0.25, 0.3) is 0 Å². The lowest BCUT2D eigenvalue weighted by atomic mass is 10.0. The summed E-state index contributed by atoms with van der Waals surface area (Å²) in [6.45, 7) is 9.07. The third-order valence-electron chi connectivity index (χ3n) is 6.02. The number of ether oxygens (including phenoxy) is 1. The Kier molecular flexibility index (Phi) is 9.15. The first-order valence-electron chi connectivity index (χ1n) is 12.8. The summed E-state index contributed by atoms with van der Waals surface area (Å²) in [4.78, 5) is 50.2. The van der Waals surface area contributed by atoms with Crippen LogP contribution in [0.25, 0.3) is 11.2 Å². The molecule has 3 N–H and O–H groups in total. The van der Waals surface area contributed by atoms with E-state index in [4.69, 9.17) is 15.3 Å². The van der Waals surface area contributed by atoms with Gasteiger partial charge in [-0.05, 0) is 38.2 Å². The number of fused-ring (bicyclic) bond motifs is 1. The first kappa shape index (κ1) is 29.8. The minimum Gasteiger partial charge on any atom is -0.461 e. The van der Waals surface area contributed by atoms with Gasteiger partial charge >= 0.3 is 17.7 Å². The number of amides is 1. The number of nitrogens with zero attached hydrogens (tertiary/aromatic N) is 5. The highest BCUT2D eigenvalue weighted by atomic mass is 32.2. The Bertz CT molecular complexity index is 1510. The highest BCUT2D eigenvalue weighted by molar-refractivity contribution is 7.92. The van der Waals surface area contributed by atoms with Crippen LogP contribution < -0.4 is 11.4 Å². The second kappa shape index (κ2) is 12.0. The minimum atomic E-state index is -3.39. The molecule has 212 valence electrons. The molecule has 13 heteroatoms. The lowest BCUT2D eigenvalue weighted by molar-refractivity contribution is -0.153. The number of aromatic nitrogens is 4. The van der Waals surface area contributed by atoms with Crippen molar-refractivity contribution in [3.63, 3.8) is 0 Å². The number of likely N-dealkylation sites (N-methyl/N-ethyl adjacent to an activating group) is 1.